The van der Waals surface area contributed by atoms with Crippen molar-refractivity contribution >= 4 is 11.9 Å². The Morgan fingerprint density at radius 1 is 1.00 bits per heavy atom. The molecule has 0 atom stereocenters. The summed E-state index contributed by atoms with van der Waals surface area (Å²) in [5, 5.41) is 20.8. The van der Waals surface area contributed by atoms with Crippen LogP contribution in [-0.4, -0.2) is 11.9 Å². The molecular formula is C9H6CdO4. The van der Waals surface area contributed by atoms with E-state index in [0.29, 0.717) is 0 Å². The molecule has 0 heterocycles. The van der Waals surface area contributed by atoms with Crippen LogP contribution in [0.4, 0.5) is 0 Å². The van der Waals surface area contributed by atoms with Crippen LogP contribution >= 0.6 is 0 Å². The zero-order chi connectivity index (χ0) is 9.84. The predicted molar refractivity (Wildman–Crippen MR) is 39.2 cm³/mol. The van der Waals surface area contributed by atoms with Gasteiger partial charge in [0.1, 0.15) is 0 Å². The second kappa shape index (κ2) is 5.74. The number of rotatable bonds is 3. The van der Waals surface area contributed by atoms with Crippen molar-refractivity contribution in [2.45, 2.75) is 5.92 Å². The minimum absolute atomic E-state index is 0. The SMILES string of the molecule is O=C([O-])C(C(=O)[O-])c1ccccc1.[Cd+2]. The van der Waals surface area contributed by atoms with Crippen LogP contribution in [0.5, 0.6) is 0 Å². The van der Waals surface area contributed by atoms with Crippen molar-refractivity contribution in [3.63, 3.8) is 0 Å². The van der Waals surface area contributed by atoms with Gasteiger partial charge in [-0.25, -0.2) is 0 Å². The normalized spacial score (nSPS) is 9.21. The Labute approximate surface area is 101 Å². The molecule has 0 radical (unpaired) electrons. The van der Waals surface area contributed by atoms with Crippen LogP contribution in [0.2, 0.25) is 0 Å². The molecule has 0 fully saturated rings. The van der Waals surface area contributed by atoms with E-state index < -0.39 is 17.9 Å². The van der Waals surface area contributed by atoms with Gasteiger partial charge in [-0.05, 0) is 5.56 Å². The van der Waals surface area contributed by atoms with Gasteiger partial charge in [-0.1, -0.05) is 30.3 Å². The molecule has 0 aliphatic rings. The summed E-state index contributed by atoms with van der Waals surface area (Å²) in [5.74, 6) is -5.02. The minimum atomic E-state index is -1.69. The van der Waals surface area contributed by atoms with E-state index in [0.717, 1.165) is 0 Å². The molecule has 1 rings (SSSR count). The molecule has 4 nitrogen and oxygen atoms in total. The third-order valence-corrected chi connectivity index (χ3v) is 1.60. The van der Waals surface area contributed by atoms with Gasteiger partial charge in [0, 0.05) is 0 Å². The average molecular weight is 291 g/mol. The number of benzene rings is 1. The number of hydrogen-bond donors (Lipinski definition) is 0. The Kier molecular flexibility index (Phi) is 5.36. The topological polar surface area (TPSA) is 80.3 Å². The molecule has 0 N–H and O–H groups in total. The Balaban J connectivity index is 0.00000169. The van der Waals surface area contributed by atoms with E-state index in [2.05, 4.69) is 0 Å². The van der Waals surface area contributed by atoms with Crippen molar-refractivity contribution in [1.82, 2.24) is 0 Å². The fourth-order valence-electron chi connectivity index (χ4n) is 1.01. The summed E-state index contributed by atoms with van der Waals surface area (Å²) >= 11 is 0. The Bertz CT molecular complexity index is 309. The van der Waals surface area contributed by atoms with Crippen LogP contribution in [0.15, 0.2) is 30.3 Å². The van der Waals surface area contributed by atoms with E-state index in [1.165, 1.54) is 12.1 Å². The maximum atomic E-state index is 10.4. The van der Waals surface area contributed by atoms with Gasteiger partial charge < -0.3 is 19.8 Å². The first kappa shape index (κ1) is 13.1. The maximum absolute atomic E-state index is 10.4. The summed E-state index contributed by atoms with van der Waals surface area (Å²) < 4.78 is 0. The molecule has 0 saturated carbocycles. The molecule has 0 saturated heterocycles. The van der Waals surface area contributed by atoms with Crippen LogP contribution in [0, 0.1) is 0 Å². The Morgan fingerprint density at radius 3 is 1.79 bits per heavy atom. The third kappa shape index (κ3) is 3.09. The second-order valence-electron chi connectivity index (χ2n) is 2.48. The summed E-state index contributed by atoms with van der Waals surface area (Å²) in [6.45, 7) is 0. The first-order chi connectivity index (χ1) is 6.13. The van der Waals surface area contributed by atoms with Gasteiger partial charge in [-0.3, -0.25) is 0 Å². The fourth-order valence-corrected chi connectivity index (χ4v) is 1.01. The molecule has 0 spiro atoms. The molecule has 0 aliphatic carbocycles. The number of aliphatic carboxylic acids is 2. The maximum Gasteiger partial charge on any atom is 2.00 e. The average Bonchev–Trinajstić information content (AvgIpc) is 2.04. The molecule has 68 valence electrons. The van der Waals surface area contributed by atoms with Gasteiger partial charge in [0.2, 0.25) is 0 Å². The Morgan fingerprint density at radius 2 is 1.43 bits per heavy atom. The quantitative estimate of drug-likeness (QED) is 0.489. The smallest absolute Gasteiger partial charge is 0.549 e. The van der Waals surface area contributed by atoms with E-state index in [-0.39, 0.29) is 32.9 Å². The molecule has 0 bridgehead atoms. The van der Waals surface area contributed by atoms with Gasteiger partial charge in [-0.15, -0.1) is 0 Å². The van der Waals surface area contributed by atoms with E-state index in [1.54, 1.807) is 18.2 Å². The zero-order valence-corrected chi connectivity index (χ0v) is 11.3. The van der Waals surface area contributed by atoms with Crippen LogP contribution < -0.4 is 10.2 Å². The first-order valence-corrected chi connectivity index (χ1v) is 3.59. The summed E-state index contributed by atoms with van der Waals surface area (Å²) in [6, 6.07) is 7.56. The standard InChI is InChI=1S/C9H8O4.Cd/c10-8(11)7(9(12)13)6-4-2-1-3-5-6;/h1-5,7H,(H,10,11)(H,12,13);/q;+2/p-2. The molecule has 1 aromatic rings. The van der Waals surface area contributed by atoms with E-state index >= 15 is 0 Å². The van der Waals surface area contributed by atoms with E-state index in [4.69, 9.17) is 0 Å². The largest absolute Gasteiger partial charge is 2.00 e. The summed E-state index contributed by atoms with van der Waals surface area (Å²) in [6.07, 6.45) is 0. The van der Waals surface area contributed by atoms with Gasteiger partial charge in [0.25, 0.3) is 0 Å². The summed E-state index contributed by atoms with van der Waals surface area (Å²) in [7, 11) is 0. The van der Waals surface area contributed by atoms with Crippen molar-refractivity contribution in [2.24, 2.45) is 0 Å². The van der Waals surface area contributed by atoms with Gasteiger partial charge >= 0.3 is 27.3 Å². The van der Waals surface area contributed by atoms with Gasteiger partial charge in [0.05, 0.1) is 17.9 Å². The molecule has 14 heavy (non-hydrogen) atoms. The van der Waals surface area contributed by atoms with Crippen molar-refractivity contribution < 1.29 is 47.1 Å². The number of carboxylic acids is 2. The summed E-state index contributed by atoms with van der Waals surface area (Å²) in [4.78, 5) is 20.8. The van der Waals surface area contributed by atoms with Gasteiger partial charge in [0.15, 0.2) is 0 Å². The zero-order valence-electron chi connectivity index (χ0n) is 7.30. The first-order valence-electron chi connectivity index (χ1n) is 3.59. The Hall–Kier alpha value is -0.918. The number of carbonyl (C=O) groups is 2. The predicted octanol–water partition coefficient (Wildman–Crippen LogP) is -1.73. The molecule has 0 aromatic heterocycles. The molecule has 0 amide bonds. The number of carbonyl (C=O) groups excluding carboxylic acids is 2. The molecular weight excluding hydrogens is 285 g/mol. The monoisotopic (exact) mass is 292 g/mol. The van der Waals surface area contributed by atoms with Crippen molar-refractivity contribution in [1.29, 1.82) is 0 Å². The minimum Gasteiger partial charge on any atom is -0.549 e. The van der Waals surface area contributed by atoms with Crippen LogP contribution in [0.3, 0.4) is 0 Å². The molecule has 1 aromatic carbocycles. The summed E-state index contributed by atoms with van der Waals surface area (Å²) in [5.41, 5.74) is 0.155. The van der Waals surface area contributed by atoms with Crippen LogP contribution in [0.1, 0.15) is 11.5 Å². The van der Waals surface area contributed by atoms with Crippen molar-refractivity contribution in [2.75, 3.05) is 0 Å². The third-order valence-electron chi connectivity index (χ3n) is 1.60. The van der Waals surface area contributed by atoms with Gasteiger partial charge in [-0.2, -0.15) is 0 Å². The van der Waals surface area contributed by atoms with E-state index in [9.17, 15) is 19.8 Å². The van der Waals surface area contributed by atoms with Crippen LogP contribution in [0.25, 0.3) is 0 Å². The van der Waals surface area contributed by atoms with Crippen molar-refractivity contribution in [3.05, 3.63) is 35.9 Å². The number of hydrogen-bond acceptors (Lipinski definition) is 4. The number of carboxylic acid groups (broad SMARTS) is 2. The molecule has 5 heteroatoms. The second-order valence-corrected chi connectivity index (χ2v) is 2.48. The fraction of sp³-hybridized carbons (Fsp3) is 0.111. The van der Waals surface area contributed by atoms with Crippen molar-refractivity contribution in [3.8, 4) is 0 Å². The molecule has 0 unspecified atom stereocenters. The van der Waals surface area contributed by atoms with Crippen LogP contribution in [-0.2, 0) is 36.9 Å². The molecule has 0 aliphatic heterocycles. The van der Waals surface area contributed by atoms with E-state index in [1.807, 2.05) is 0 Å².